The van der Waals surface area contributed by atoms with Crippen molar-refractivity contribution in [3.63, 3.8) is 0 Å². The largest absolute Gasteiger partial charge is 0.463 e. The van der Waals surface area contributed by atoms with Crippen LogP contribution in [-0.4, -0.2) is 55.0 Å². The van der Waals surface area contributed by atoms with E-state index in [1.807, 2.05) is 36.4 Å². The van der Waals surface area contributed by atoms with Crippen LogP contribution in [0.3, 0.4) is 0 Å². The van der Waals surface area contributed by atoms with E-state index in [4.69, 9.17) is 14.2 Å². The summed E-state index contributed by atoms with van der Waals surface area (Å²) in [5, 5.41) is 19.0. The van der Waals surface area contributed by atoms with E-state index in [0.29, 0.717) is 17.0 Å². The molecule has 36 heavy (non-hydrogen) atoms. The van der Waals surface area contributed by atoms with E-state index in [9.17, 15) is 20.0 Å². The summed E-state index contributed by atoms with van der Waals surface area (Å²) in [4.78, 5) is 30.9. The molecule has 1 aliphatic rings. The third-order valence-corrected chi connectivity index (χ3v) is 5.71. The summed E-state index contributed by atoms with van der Waals surface area (Å²) in [6.07, 6.45) is 3.56. The lowest BCUT2D eigenvalue weighted by Gasteiger charge is -2.31. The van der Waals surface area contributed by atoms with Crippen LogP contribution >= 0.6 is 0 Å². The van der Waals surface area contributed by atoms with Gasteiger partial charge in [-0.15, -0.1) is 5.23 Å². The smallest absolute Gasteiger partial charge is 0.336 e. The van der Waals surface area contributed by atoms with Gasteiger partial charge in [0.2, 0.25) is 0 Å². The van der Waals surface area contributed by atoms with Crippen molar-refractivity contribution >= 4 is 29.4 Å². The fraction of sp³-hybridized carbons (Fsp3) is 0.296. The Morgan fingerprint density at radius 2 is 1.78 bits per heavy atom. The summed E-state index contributed by atoms with van der Waals surface area (Å²) in [6, 6.07) is 15.8. The molecule has 0 amide bonds. The van der Waals surface area contributed by atoms with Crippen LogP contribution in [0.5, 0.6) is 0 Å². The molecule has 9 nitrogen and oxygen atoms in total. The van der Waals surface area contributed by atoms with Crippen molar-refractivity contribution in [1.82, 2.24) is 0 Å². The minimum Gasteiger partial charge on any atom is -0.463 e. The van der Waals surface area contributed by atoms with Gasteiger partial charge in [-0.3, -0.25) is 20.2 Å². The molecule has 0 aliphatic carbocycles. The maximum Gasteiger partial charge on any atom is 0.336 e. The van der Waals surface area contributed by atoms with Crippen molar-refractivity contribution in [2.45, 2.75) is 19.8 Å². The summed E-state index contributed by atoms with van der Waals surface area (Å²) in [7, 11) is 1.50. The molecule has 2 aromatic carbocycles. The fourth-order valence-electron chi connectivity index (χ4n) is 4.08. The summed E-state index contributed by atoms with van der Waals surface area (Å²) >= 11 is 0. The van der Waals surface area contributed by atoms with Crippen LogP contribution in [0.4, 0.5) is 5.69 Å². The highest BCUT2D eigenvalue weighted by molar-refractivity contribution is 6.07. The topological polar surface area (TPSA) is 118 Å². The molecule has 0 saturated heterocycles. The molecule has 2 unspecified atom stereocenters. The first kappa shape index (κ1) is 26.8. The van der Waals surface area contributed by atoms with Crippen molar-refractivity contribution in [3.8, 4) is 0 Å². The van der Waals surface area contributed by atoms with E-state index in [-0.39, 0.29) is 36.3 Å². The third-order valence-electron chi connectivity index (χ3n) is 5.71. The predicted molar refractivity (Wildman–Crippen MR) is 134 cm³/mol. The summed E-state index contributed by atoms with van der Waals surface area (Å²) in [5.74, 6) is -2.94. The van der Waals surface area contributed by atoms with E-state index >= 15 is 0 Å². The van der Waals surface area contributed by atoms with Crippen molar-refractivity contribution < 1.29 is 34.2 Å². The van der Waals surface area contributed by atoms with Gasteiger partial charge in [0.25, 0.3) is 0 Å². The number of ether oxygens (including phenoxy) is 3. The Kier molecular flexibility index (Phi) is 9.52. The molecule has 190 valence electrons. The van der Waals surface area contributed by atoms with Gasteiger partial charge in [0, 0.05) is 24.4 Å². The lowest BCUT2D eigenvalue weighted by atomic mass is 9.75. The Morgan fingerprint density at radius 1 is 1.03 bits per heavy atom. The second kappa shape index (κ2) is 12.8. The molecule has 0 spiro atoms. The molecule has 9 heteroatoms. The monoisotopic (exact) mass is 494 g/mol. The van der Waals surface area contributed by atoms with E-state index in [0.717, 1.165) is 5.56 Å². The number of anilines is 1. The molecule has 1 aliphatic heterocycles. The van der Waals surface area contributed by atoms with Crippen molar-refractivity contribution in [1.29, 1.82) is 0 Å². The van der Waals surface area contributed by atoms with Crippen molar-refractivity contribution in [3.05, 3.63) is 83.1 Å². The summed E-state index contributed by atoms with van der Waals surface area (Å²) in [6.45, 7) is 3.64. The molecule has 2 N–H and O–H groups in total. The van der Waals surface area contributed by atoms with E-state index in [1.165, 1.54) is 19.2 Å². The van der Waals surface area contributed by atoms with Crippen LogP contribution < -0.4 is 5.23 Å². The van der Waals surface area contributed by atoms with Crippen LogP contribution in [0.2, 0.25) is 0 Å². The minimum atomic E-state index is -0.922. The zero-order valence-corrected chi connectivity index (χ0v) is 20.5. The first-order chi connectivity index (χ1) is 17.3. The summed E-state index contributed by atoms with van der Waals surface area (Å²) in [5.41, 5.74) is 2.60. The van der Waals surface area contributed by atoms with E-state index in [2.05, 4.69) is 4.99 Å². The quantitative estimate of drug-likeness (QED) is 0.287. The zero-order chi connectivity index (χ0) is 26.1. The molecule has 0 aromatic heterocycles. The van der Waals surface area contributed by atoms with Crippen LogP contribution in [0.15, 0.2) is 76.9 Å². The Bertz CT molecular complexity index is 1160. The van der Waals surface area contributed by atoms with Gasteiger partial charge in [-0.05, 0) is 43.2 Å². The number of benzene rings is 2. The number of hydrogen-bond donors (Lipinski definition) is 2. The molecule has 0 saturated carbocycles. The Balaban J connectivity index is 1.93. The predicted octanol–water partition coefficient (Wildman–Crippen LogP) is 4.17. The molecule has 2 aromatic rings. The van der Waals surface area contributed by atoms with Gasteiger partial charge in [0.1, 0.15) is 19.1 Å². The van der Waals surface area contributed by atoms with E-state index < -0.39 is 23.8 Å². The number of methoxy groups -OCH3 is 1. The molecule has 3 rings (SSSR count). The third kappa shape index (κ3) is 6.66. The van der Waals surface area contributed by atoms with Crippen molar-refractivity contribution in [2.75, 3.05) is 32.2 Å². The highest BCUT2D eigenvalue weighted by atomic mass is 16.8. The fourth-order valence-corrected chi connectivity index (χ4v) is 4.08. The van der Waals surface area contributed by atoms with Crippen LogP contribution in [-0.2, 0) is 23.8 Å². The molecular weight excluding hydrogens is 464 g/mol. The second-order valence-electron chi connectivity index (χ2n) is 8.16. The zero-order valence-electron chi connectivity index (χ0n) is 20.5. The number of carbonyl (C=O) groups is 2. The second-order valence-corrected chi connectivity index (χ2v) is 8.16. The maximum atomic E-state index is 13.3. The van der Waals surface area contributed by atoms with Crippen LogP contribution in [0.1, 0.15) is 30.9 Å². The Hall–Kier alpha value is -3.79. The van der Waals surface area contributed by atoms with Crippen LogP contribution in [0, 0.1) is 5.92 Å². The van der Waals surface area contributed by atoms with E-state index in [1.54, 1.807) is 32.1 Å². The standard InChI is InChI=1S/C27H30N2O7/c1-18-23(26(30)35-14-8-11-20-9-5-4-6-10-20)25(21-12-7-13-22(17-21)29(32)33)24(19(2)28-18)27(31)36-16-15-34-3/h4-13,17,24-25,32-33H,14-16H2,1-3H3. The van der Waals surface area contributed by atoms with Gasteiger partial charge in [-0.2, -0.15) is 0 Å². The lowest BCUT2D eigenvalue weighted by Crippen LogP contribution is -2.37. The lowest BCUT2D eigenvalue weighted by molar-refractivity contribution is -0.148. The highest BCUT2D eigenvalue weighted by Crippen LogP contribution is 2.41. The number of hydrogen-bond acceptors (Lipinski definition) is 9. The van der Waals surface area contributed by atoms with Crippen molar-refractivity contribution in [2.24, 2.45) is 10.9 Å². The molecule has 0 fully saturated rings. The normalized spacial score (nSPS) is 17.6. The van der Waals surface area contributed by atoms with Gasteiger partial charge in [-0.1, -0.05) is 48.5 Å². The number of esters is 2. The first-order valence-corrected chi connectivity index (χ1v) is 11.4. The average molecular weight is 495 g/mol. The SMILES string of the molecule is COCCOC(=O)C1C(C)=NC(C)=C(C(=O)OCC=Cc2ccccc2)C1c1cccc(N(O)O)c1. The average Bonchev–Trinajstić information content (AvgIpc) is 2.86. The molecule has 0 radical (unpaired) electrons. The number of allylic oxidation sites excluding steroid dienone is 1. The molecule has 0 bridgehead atoms. The number of aliphatic imine (C=N–C) groups is 1. The van der Waals surface area contributed by atoms with Crippen LogP contribution in [0.25, 0.3) is 6.08 Å². The number of rotatable bonds is 10. The minimum absolute atomic E-state index is 0.0178. The van der Waals surface area contributed by atoms with Gasteiger partial charge >= 0.3 is 11.9 Å². The van der Waals surface area contributed by atoms with Gasteiger partial charge < -0.3 is 14.2 Å². The first-order valence-electron chi connectivity index (χ1n) is 11.4. The highest BCUT2D eigenvalue weighted by Gasteiger charge is 2.42. The number of nitrogens with zero attached hydrogens (tertiary/aromatic N) is 2. The molecule has 1 heterocycles. The Labute approximate surface area is 209 Å². The van der Waals surface area contributed by atoms with Gasteiger partial charge in [0.05, 0.1) is 17.9 Å². The summed E-state index contributed by atoms with van der Waals surface area (Å²) < 4.78 is 15.9. The van der Waals surface area contributed by atoms with Gasteiger partial charge in [0.15, 0.2) is 0 Å². The Morgan fingerprint density at radius 3 is 2.47 bits per heavy atom. The van der Waals surface area contributed by atoms with Gasteiger partial charge in [-0.25, -0.2) is 4.79 Å². The molecular formula is C27H30N2O7. The number of carbonyl (C=O) groups excluding carboxylic acids is 2. The maximum absolute atomic E-state index is 13.3. The molecule has 2 atom stereocenters.